The van der Waals surface area contributed by atoms with Gasteiger partial charge in [0, 0.05) is 12.5 Å². The molecule has 1 saturated heterocycles. The summed E-state index contributed by atoms with van der Waals surface area (Å²) >= 11 is 0. The lowest BCUT2D eigenvalue weighted by atomic mass is 9.84. The summed E-state index contributed by atoms with van der Waals surface area (Å²) in [5, 5.41) is 15.8. The van der Waals surface area contributed by atoms with E-state index in [1.54, 1.807) is 0 Å². The predicted molar refractivity (Wildman–Crippen MR) is 102 cm³/mol. The van der Waals surface area contributed by atoms with Crippen LogP contribution in [-0.4, -0.2) is 24.0 Å². The third-order valence-electron chi connectivity index (χ3n) is 6.61. The SMILES string of the molecule is N#C[C@H](Cc1ccc(C2CCCCC2)cc1)NC(=O)[C@H]1N[C@@H]2CC[C@@H]1C2. The molecule has 1 aromatic carbocycles. The van der Waals surface area contributed by atoms with Crippen molar-refractivity contribution in [1.29, 1.82) is 5.26 Å². The van der Waals surface area contributed by atoms with Gasteiger partial charge in [0.2, 0.25) is 5.91 Å². The molecule has 0 aromatic heterocycles. The number of piperidine rings is 1. The average Bonchev–Trinajstić information content (AvgIpc) is 3.32. The van der Waals surface area contributed by atoms with Crippen LogP contribution in [0.2, 0.25) is 0 Å². The Morgan fingerprint density at radius 2 is 1.92 bits per heavy atom. The standard InChI is InChI=1S/C22H29N3O/c23-14-20(25-22(26)21-18-10-11-19(13-18)24-21)12-15-6-8-17(9-7-15)16-4-2-1-3-5-16/h6-9,16,18-21,24H,1-5,10-13H2,(H,25,26)/t18-,19-,20+,21+/m1/s1. The van der Waals surface area contributed by atoms with Gasteiger partial charge in [0.1, 0.15) is 6.04 Å². The number of carbonyl (C=O) groups excluding carboxylic acids is 1. The first-order valence-corrected chi connectivity index (χ1v) is 10.3. The maximum atomic E-state index is 12.5. The van der Waals surface area contributed by atoms with Crippen molar-refractivity contribution < 1.29 is 4.79 Å². The smallest absolute Gasteiger partial charge is 0.238 e. The average molecular weight is 351 g/mol. The fraction of sp³-hybridized carbons (Fsp3) is 0.636. The number of hydrogen-bond acceptors (Lipinski definition) is 3. The number of fused-ring (bicyclic) bond motifs is 2. The second-order valence-corrected chi connectivity index (χ2v) is 8.39. The molecule has 2 bridgehead atoms. The third kappa shape index (κ3) is 3.78. The molecular formula is C22H29N3O. The van der Waals surface area contributed by atoms with Crippen LogP contribution in [0.15, 0.2) is 24.3 Å². The van der Waals surface area contributed by atoms with Crippen LogP contribution in [0.5, 0.6) is 0 Å². The molecule has 2 saturated carbocycles. The normalized spacial score (nSPS) is 29.3. The first kappa shape index (κ1) is 17.5. The highest BCUT2D eigenvalue weighted by Gasteiger charge is 2.43. The van der Waals surface area contributed by atoms with E-state index in [-0.39, 0.29) is 11.9 Å². The van der Waals surface area contributed by atoms with Gasteiger partial charge >= 0.3 is 0 Å². The van der Waals surface area contributed by atoms with Crippen molar-refractivity contribution in [3.05, 3.63) is 35.4 Å². The summed E-state index contributed by atoms with van der Waals surface area (Å²) in [7, 11) is 0. The molecular weight excluding hydrogens is 322 g/mol. The molecule has 138 valence electrons. The number of amides is 1. The molecule has 4 atom stereocenters. The molecule has 26 heavy (non-hydrogen) atoms. The molecule has 0 radical (unpaired) electrons. The summed E-state index contributed by atoms with van der Waals surface area (Å²) in [6.07, 6.45) is 10.7. The number of benzene rings is 1. The Hall–Kier alpha value is -1.86. The Morgan fingerprint density at radius 3 is 2.54 bits per heavy atom. The van der Waals surface area contributed by atoms with E-state index in [9.17, 15) is 10.1 Å². The fourth-order valence-electron chi connectivity index (χ4n) is 5.14. The van der Waals surface area contributed by atoms with Crippen LogP contribution >= 0.6 is 0 Å². The Labute approximate surface area is 156 Å². The zero-order chi connectivity index (χ0) is 17.9. The van der Waals surface area contributed by atoms with E-state index in [0.717, 1.165) is 18.4 Å². The summed E-state index contributed by atoms with van der Waals surface area (Å²) in [6, 6.07) is 10.9. The van der Waals surface area contributed by atoms with Gasteiger partial charge in [-0.15, -0.1) is 0 Å². The zero-order valence-corrected chi connectivity index (χ0v) is 15.4. The quantitative estimate of drug-likeness (QED) is 0.854. The van der Waals surface area contributed by atoms with Gasteiger partial charge in [-0.25, -0.2) is 0 Å². The van der Waals surface area contributed by atoms with Gasteiger partial charge in [0.15, 0.2) is 0 Å². The molecule has 4 nitrogen and oxygen atoms in total. The Balaban J connectivity index is 1.33. The first-order chi connectivity index (χ1) is 12.7. The molecule has 1 amide bonds. The number of hydrogen-bond donors (Lipinski definition) is 2. The minimum atomic E-state index is -0.455. The lowest BCUT2D eigenvalue weighted by Crippen LogP contribution is -2.50. The zero-order valence-electron chi connectivity index (χ0n) is 15.4. The van der Waals surface area contributed by atoms with Crippen LogP contribution in [-0.2, 0) is 11.2 Å². The van der Waals surface area contributed by atoms with Gasteiger partial charge in [-0.3, -0.25) is 4.79 Å². The fourth-order valence-corrected chi connectivity index (χ4v) is 5.14. The molecule has 3 fully saturated rings. The second-order valence-electron chi connectivity index (χ2n) is 8.39. The number of carbonyl (C=O) groups is 1. The van der Waals surface area contributed by atoms with E-state index in [0.29, 0.717) is 24.3 Å². The molecule has 1 heterocycles. The first-order valence-electron chi connectivity index (χ1n) is 10.3. The predicted octanol–water partition coefficient (Wildman–Crippen LogP) is 3.43. The van der Waals surface area contributed by atoms with Crippen molar-refractivity contribution in [3.8, 4) is 6.07 Å². The van der Waals surface area contributed by atoms with Crippen LogP contribution in [0.4, 0.5) is 0 Å². The van der Waals surface area contributed by atoms with Crippen molar-refractivity contribution in [3.63, 3.8) is 0 Å². The minimum Gasteiger partial charge on any atom is -0.339 e. The molecule has 4 heteroatoms. The van der Waals surface area contributed by atoms with E-state index in [4.69, 9.17) is 0 Å². The minimum absolute atomic E-state index is 0.00238. The lowest BCUT2D eigenvalue weighted by molar-refractivity contribution is -0.124. The van der Waals surface area contributed by atoms with E-state index in [1.807, 2.05) is 0 Å². The van der Waals surface area contributed by atoms with Gasteiger partial charge in [-0.2, -0.15) is 5.26 Å². The monoisotopic (exact) mass is 351 g/mol. The van der Waals surface area contributed by atoms with Crippen LogP contribution < -0.4 is 10.6 Å². The van der Waals surface area contributed by atoms with Crippen LogP contribution in [0.3, 0.4) is 0 Å². The number of nitriles is 1. The summed E-state index contributed by atoms with van der Waals surface area (Å²) < 4.78 is 0. The van der Waals surface area contributed by atoms with Gasteiger partial charge in [0.05, 0.1) is 12.1 Å². The third-order valence-corrected chi connectivity index (χ3v) is 6.61. The van der Waals surface area contributed by atoms with Gasteiger partial charge in [0.25, 0.3) is 0 Å². The summed E-state index contributed by atoms with van der Waals surface area (Å²) in [6.45, 7) is 0. The molecule has 2 N–H and O–H groups in total. The van der Waals surface area contributed by atoms with Crippen LogP contribution in [0.25, 0.3) is 0 Å². The maximum absolute atomic E-state index is 12.5. The van der Waals surface area contributed by atoms with E-state index >= 15 is 0 Å². The number of rotatable bonds is 5. The number of nitrogens with zero attached hydrogens (tertiary/aromatic N) is 1. The van der Waals surface area contributed by atoms with Gasteiger partial charge in [-0.1, -0.05) is 43.5 Å². The van der Waals surface area contributed by atoms with Crippen molar-refractivity contribution in [2.75, 3.05) is 0 Å². The van der Waals surface area contributed by atoms with E-state index in [2.05, 4.69) is 41.0 Å². The Morgan fingerprint density at radius 1 is 1.15 bits per heavy atom. The van der Waals surface area contributed by atoms with Crippen LogP contribution in [0, 0.1) is 17.2 Å². The highest BCUT2D eigenvalue weighted by atomic mass is 16.2. The van der Waals surface area contributed by atoms with Crippen molar-refractivity contribution in [2.24, 2.45) is 5.92 Å². The molecule has 3 aliphatic rings. The molecule has 1 aromatic rings. The number of nitrogens with one attached hydrogen (secondary N) is 2. The lowest BCUT2D eigenvalue weighted by Gasteiger charge is -2.24. The van der Waals surface area contributed by atoms with Gasteiger partial charge in [-0.05, 0) is 55.1 Å². The largest absolute Gasteiger partial charge is 0.339 e. The van der Waals surface area contributed by atoms with Crippen molar-refractivity contribution in [2.45, 2.75) is 81.8 Å². The summed E-state index contributed by atoms with van der Waals surface area (Å²) in [4.78, 5) is 12.5. The molecule has 4 rings (SSSR count). The molecule has 2 aliphatic carbocycles. The van der Waals surface area contributed by atoms with Crippen molar-refractivity contribution >= 4 is 5.91 Å². The Bertz CT molecular complexity index is 672. The second kappa shape index (κ2) is 7.80. The summed E-state index contributed by atoms with van der Waals surface area (Å²) in [5.41, 5.74) is 2.55. The summed E-state index contributed by atoms with van der Waals surface area (Å²) in [5.74, 6) is 1.16. The molecule has 0 spiro atoms. The Kier molecular flexibility index (Phi) is 5.26. The van der Waals surface area contributed by atoms with Crippen molar-refractivity contribution in [1.82, 2.24) is 10.6 Å². The van der Waals surface area contributed by atoms with E-state index in [1.165, 1.54) is 44.1 Å². The van der Waals surface area contributed by atoms with Crippen LogP contribution in [0.1, 0.15) is 68.4 Å². The topological polar surface area (TPSA) is 64.9 Å². The highest BCUT2D eigenvalue weighted by molar-refractivity contribution is 5.83. The molecule has 1 aliphatic heterocycles. The maximum Gasteiger partial charge on any atom is 0.238 e. The highest BCUT2D eigenvalue weighted by Crippen LogP contribution is 2.35. The molecule has 0 unspecified atom stereocenters. The van der Waals surface area contributed by atoms with Gasteiger partial charge < -0.3 is 10.6 Å². The van der Waals surface area contributed by atoms with E-state index < -0.39 is 6.04 Å².